The summed E-state index contributed by atoms with van der Waals surface area (Å²) in [6.07, 6.45) is 0. The fourth-order valence-electron chi connectivity index (χ4n) is 0.916. The summed E-state index contributed by atoms with van der Waals surface area (Å²) in [4.78, 5) is 3.98. The lowest BCUT2D eigenvalue weighted by Gasteiger charge is -1.85. The van der Waals surface area contributed by atoms with Crippen molar-refractivity contribution in [1.82, 2.24) is 4.98 Å². The smallest absolute Gasteiger partial charge is 0.181 e. The maximum atomic E-state index is 12.6. The number of hydrogen-bond acceptors (Lipinski definition) is 3. The molecule has 0 amide bonds. The van der Waals surface area contributed by atoms with E-state index in [0.717, 1.165) is 10.2 Å². The molecule has 70 valence electrons. The second-order valence-corrected chi connectivity index (χ2v) is 3.23. The molecular formula is C9H11FN2S. The number of hydrogen-bond donors (Lipinski definition) is 1. The highest BCUT2D eigenvalue weighted by Crippen LogP contribution is 2.23. The van der Waals surface area contributed by atoms with Gasteiger partial charge in [-0.3, -0.25) is 0 Å². The summed E-state index contributed by atoms with van der Waals surface area (Å²) >= 11 is 1.29. The van der Waals surface area contributed by atoms with Crippen molar-refractivity contribution in [2.24, 2.45) is 0 Å². The summed E-state index contributed by atoms with van der Waals surface area (Å²) < 4.78 is 13.4. The summed E-state index contributed by atoms with van der Waals surface area (Å²) in [7, 11) is 0. The molecule has 0 saturated carbocycles. The summed E-state index contributed by atoms with van der Waals surface area (Å²) in [6.45, 7) is 4.00. The van der Waals surface area contributed by atoms with Crippen LogP contribution < -0.4 is 5.73 Å². The molecule has 2 nitrogen and oxygen atoms in total. The van der Waals surface area contributed by atoms with Crippen molar-refractivity contribution in [3.8, 4) is 0 Å². The van der Waals surface area contributed by atoms with E-state index in [1.54, 1.807) is 6.07 Å². The van der Waals surface area contributed by atoms with Crippen molar-refractivity contribution >= 4 is 26.7 Å². The van der Waals surface area contributed by atoms with Crippen LogP contribution in [0.5, 0.6) is 0 Å². The number of thiazole rings is 1. The molecule has 1 aromatic carbocycles. The fourth-order valence-corrected chi connectivity index (χ4v) is 1.68. The lowest BCUT2D eigenvalue weighted by atomic mass is 10.3. The maximum absolute atomic E-state index is 12.6. The van der Waals surface area contributed by atoms with Gasteiger partial charge in [0.05, 0.1) is 10.2 Å². The van der Waals surface area contributed by atoms with Gasteiger partial charge in [0.15, 0.2) is 5.13 Å². The standard InChI is InChI=1S/C7H5FN2S.C2H6/c8-4-1-2-5-6(3-4)11-7(9)10-5;1-2/h1-3H,(H2,9,10);1-2H3. The summed E-state index contributed by atoms with van der Waals surface area (Å²) in [6, 6.07) is 4.43. The van der Waals surface area contributed by atoms with E-state index in [-0.39, 0.29) is 5.82 Å². The zero-order chi connectivity index (χ0) is 9.84. The van der Waals surface area contributed by atoms with Crippen LogP contribution in [0, 0.1) is 5.82 Å². The molecular weight excluding hydrogens is 187 g/mol. The molecule has 0 spiro atoms. The molecule has 0 saturated heterocycles. The molecule has 2 aromatic rings. The van der Waals surface area contributed by atoms with E-state index < -0.39 is 0 Å². The highest BCUT2D eigenvalue weighted by atomic mass is 32.1. The lowest BCUT2D eigenvalue weighted by Crippen LogP contribution is -1.78. The zero-order valence-corrected chi connectivity index (χ0v) is 8.36. The van der Waals surface area contributed by atoms with Crippen LogP contribution in [-0.4, -0.2) is 4.98 Å². The topological polar surface area (TPSA) is 38.9 Å². The fraction of sp³-hybridized carbons (Fsp3) is 0.222. The SMILES string of the molecule is CC.Nc1nc2ccc(F)cc2s1. The van der Waals surface area contributed by atoms with Crippen molar-refractivity contribution < 1.29 is 4.39 Å². The molecule has 0 atom stereocenters. The van der Waals surface area contributed by atoms with Gasteiger partial charge in [-0.15, -0.1) is 0 Å². The number of halogens is 1. The molecule has 2 rings (SSSR count). The Labute approximate surface area is 80.2 Å². The van der Waals surface area contributed by atoms with Crippen LogP contribution in [0.3, 0.4) is 0 Å². The van der Waals surface area contributed by atoms with Gasteiger partial charge in [0.1, 0.15) is 5.82 Å². The molecule has 0 aliphatic rings. The van der Waals surface area contributed by atoms with Gasteiger partial charge < -0.3 is 5.73 Å². The molecule has 0 radical (unpaired) electrons. The third kappa shape index (κ3) is 2.15. The Morgan fingerprint density at radius 3 is 2.77 bits per heavy atom. The van der Waals surface area contributed by atoms with Crippen molar-refractivity contribution in [1.29, 1.82) is 0 Å². The number of anilines is 1. The average molecular weight is 198 g/mol. The second kappa shape index (κ2) is 4.18. The Bertz CT molecular complexity index is 397. The molecule has 0 aliphatic carbocycles. The van der Waals surface area contributed by atoms with Crippen LogP contribution in [-0.2, 0) is 0 Å². The highest BCUT2D eigenvalue weighted by molar-refractivity contribution is 7.22. The summed E-state index contributed by atoms with van der Waals surface area (Å²) in [5, 5.41) is 0.477. The Morgan fingerprint density at radius 2 is 2.08 bits per heavy atom. The number of nitrogens with two attached hydrogens (primary N) is 1. The number of nitrogen functional groups attached to an aromatic ring is 1. The average Bonchev–Trinajstić information content (AvgIpc) is 2.48. The van der Waals surface area contributed by atoms with E-state index >= 15 is 0 Å². The highest BCUT2D eigenvalue weighted by Gasteiger charge is 2.00. The minimum absolute atomic E-state index is 0.249. The third-order valence-corrected chi connectivity index (χ3v) is 2.21. The summed E-state index contributed by atoms with van der Waals surface area (Å²) in [5.74, 6) is -0.249. The monoisotopic (exact) mass is 198 g/mol. The first-order valence-electron chi connectivity index (χ1n) is 4.07. The van der Waals surface area contributed by atoms with Crippen molar-refractivity contribution in [2.45, 2.75) is 13.8 Å². The quantitative estimate of drug-likeness (QED) is 0.706. The van der Waals surface area contributed by atoms with Crippen molar-refractivity contribution in [3.63, 3.8) is 0 Å². The predicted molar refractivity (Wildman–Crippen MR) is 55.3 cm³/mol. The van der Waals surface area contributed by atoms with Crippen LogP contribution in [0.25, 0.3) is 10.2 Å². The van der Waals surface area contributed by atoms with Gasteiger partial charge in [0.25, 0.3) is 0 Å². The molecule has 0 unspecified atom stereocenters. The number of rotatable bonds is 0. The van der Waals surface area contributed by atoms with E-state index in [4.69, 9.17) is 5.73 Å². The molecule has 13 heavy (non-hydrogen) atoms. The molecule has 2 N–H and O–H groups in total. The molecule has 4 heteroatoms. The first kappa shape index (κ1) is 9.92. The van der Waals surface area contributed by atoms with Crippen LogP contribution in [0.4, 0.5) is 9.52 Å². The molecule has 1 heterocycles. The molecule has 0 fully saturated rings. The van der Waals surface area contributed by atoms with Crippen LogP contribution in [0.2, 0.25) is 0 Å². The Kier molecular flexibility index (Phi) is 3.19. The van der Waals surface area contributed by atoms with E-state index in [0.29, 0.717) is 5.13 Å². The first-order valence-corrected chi connectivity index (χ1v) is 4.89. The largest absolute Gasteiger partial charge is 0.375 e. The second-order valence-electron chi connectivity index (χ2n) is 2.16. The van der Waals surface area contributed by atoms with Crippen molar-refractivity contribution in [2.75, 3.05) is 5.73 Å². The van der Waals surface area contributed by atoms with E-state index in [1.807, 2.05) is 13.8 Å². The Balaban J connectivity index is 0.000000396. The third-order valence-electron chi connectivity index (χ3n) is 1.37. The van der Waals surface area contributed by atoms with E-state index in [1.165, 1.54) is 23.5 Å². The number of nitrogens with zero attached hydrogens (tertiary/aromatic N) is 1. The van der Waals surface area contributed by atoms with Gasteiger partial charge in [-0.1, -0.05) is 25.2 Å². The number of benzene rings is 1. The normalized spacial score (nSPS) is 9.46. The molecule has 0 bridgehead atoms. The number of aromatic nitrogens is 1. The first-order chi connectivity index (χ1) is 6.25. The summed E-state index contributed by atoms with van der Waals surface area (Å²) in [5.41, 5.74) is 6.18. The van der Waals surface area contributed by atoms with Crippen LogP contribution in [0.1, 0.15) is 13.8 Å². The maximum Gasteiger partial charge on any atom is 0.181 e. The van der Waals surface area contributed by atoms with Gasteiger partial charge in [-0.25, -0.2) is 9.37 Å². The zero-order valence-electron chi connectivity index (χ0n) is 7.54. The van der Waals surface area contributed by atoms with Crippen LogP contribution >= 0.6 is 11.3 Å². The minimum atomic E-state index is -0.249. The van der Waals surface area contributed by atoms with Crippen LogP contribution in [0.15, 0.2) is 18.2 Å². The lowest BCUT2D eigenvalue weighted by molar-refractivity contribution is 0.630. The van der Waals surface area contributed by atoms with Gasteiger partial charge in [-0.05, 0) is 18.2 Å². The number of fused-ring (bicyclic) bond motifs is 1. The van der Waals surface area contributed by atoms with Gasteiger partial charge in [-0.2, -0.15) is 0 Å². The minimum Gasteiger partial charge on any atom is -0.375 e. The van der Waals surface area contributed by atoms with Gasteiger partial charge in [0.2, 0.25) is 0 Å². The molecule has 0 aliphatic heterocycles. The van der Waals surface area contributed by atoms with E-state index in [2.05, 4.69) is 4.98 Å². The Morgan fingerprint density at radius 1 is 1.38 bits per heavy atom. The van der Waals surface area contributed by atoms with E-state index in [9.17, 15) is 4.39 Å². The van der Waals surface area contributed by atoms with Gasteiger partial charge >= 0.3 is 0 Å². The predicted octanol–water partition coefficient (Wildman–Crippen LogP) is 3.04. The van der Waals surface area contributed by atoms with Gasteiger partial charge in [0, 0.05) is 0 Å². The van der Waals surface area contributed by atoms with Crippen molar-refractivity contribution in [3.05, 3.63) is 24.0 Å². The molecule has 1 aromatic heterocycles. The Hall–Kier alpha value is -1.16.